The van der Waals surface area contributed by atoms with E-state index in [1.165, 1.54) is 40.3 Å². The molecule has 0 aliphatic carbocycles. The maximum absolute atomic E-state index is 13.5. The molecule has 0 radical (unpaired) electrons. The van der Waals surface area contributed by atoms with Gasteiger partial charge in [-0.2, -0.15) is 5.10 Å². The summed E-state index contributed by atoms with van der Waals surface area (Å²) in [7, 11) is 3.33. The number of aryl methyl sites for hydroxylation is 1. The average Bonchev–Trinajstić information content (AvgIpc) is 3.54. The van der Waals surface area contributed by atoms with Crippen molar-refractivity contribution in [3.05, 3.63) is 71.6 Å². The van der Waals surface area contributed by atoms with Crippen LogP contribution in [-0.2, 0) is 4.79 Å². The number of pyridine rings is 1. The Morgan fingerprint density at radius 1 is 1.14 bits per heavy atom. The van der Waals surface area contributed by atoms with E-state index in [4.69, 9.17) is 4.74 Å². The van der Waals surface area contributed by atoms with Crippen LogP contribution < -0.4 is 4.74 Å². The number of carbonyl (C=O) groups is 2. The number of ether oxygens (including phenoxy) is 1. The van der Waals surface area contributed by atoms with Crippen molar-refractivity contribution < 1.29 is 14.3 Å². The summed E-state index contributed by atoms with van der Waals surface area (Å²) < 4.78 is 7.00. The first-order valence-electron chi connectivity index (χ1n) is 11.6. The molecule has 1 N–H and O–H groups in total. The second kappa shape index (κ2) is 9.38. The van der Waals surface area contributed by atoms with E-state index in [2.05, 4.69) is 39.1 Å². The number of rotatable bonds is 5. The number of hydrazine groups is 1. The lowest BCUT2D eigenvalue weighted by atomic mass is 9.97. The van der Waals surface area contributed by atoms with Crippen molar-refractivity contribution in [3.8, 4) is 11.6 Å². The molecule has 0 spiro atoms. The topological polar surface area (TPSA) is 109 Å². The van der Waals surface area contributed by atoms with Gasteiger partial charge in [-0.05, 0) is 37.0 Å². The quantitative estimate of drug-likeness (QED) is 0.342. The van der Waals surface area contributed by atoms with Crippen LogP contribution in [-0.4, -0.2) is 73.7 Å². The molecule has 1 amide bonds. The number of ketones is 1. The van der Waals surface area contributed by atoms with Crippen LogP contribution >= 0.6 is 0 Å². The number of fused-ring (bicyclic) bond motifs is 1. The molecule has 3 aromatic heterocycles. The molecule has 1 fully saturated rings. The van der Waals surface area contributed by atoms with E-state index in [1.807, 2.05) is 30.3 Å². The van der Waals surface area contributed by atoms with E-state index in [-0.39, 0.29) is 5.56 Å². The molecule has 5 rings (SSSR count). The van der Waals surface area contributed by atoms with E-state index in [0.29, 0.717) is 47.8 Å². The summed E-state index contributed by atoms with van der Waals surface area (Å²) in [5.41, 5.74) is 4.36. The third-order valence-electron chi connectivity index (χ3n) is 6.57. The normalized spacial score (nSPS) is 15.8. The lowest BCUT2D eigenvalue weighted by Gasteiger charge is -2.37. The standard InChI is InChI=1S/C26H27N7O3/c1-16(18-8-6-5-7-9-18)19-10-11-33(31(3)14-19)26(35)24(34)20-12-27-23-22(20)21(36-4)13-28-25(23)32-15-29-17(2)30-32/h5-9,12-13,15,27H,10-11,14H2,1-4H3/b19-16+. The van der Waals surface area contributed by atoms with Crippen molar-refractivity contribution in [2.75, 3.05) is 27.2 Å². The van der Waals surface area contributed by atoms with Crippen LogP contribution in [0.1, 0.15) is 35.1 Å². The first-order valence-corrected chi connectivity index (χ1v) is 11.6. The Labute approximate surface area is 208 Å². The summed E-state index contributed by atoms with van der Waals surface area (Å²) in [6.07, 6.45) is 5.28. The number of benzene rings is 1. The molecule has 1 aliphatic heterocycles. The minimum atomic E-state index is -0.620. The maximum atomic E-state index is 13.5. The van der Waals surface area contributed by atoms with Gasteiger partial charge in [0.05, 0.1) is 29.8 Å². The van der Waals surface area contributed by atoms with Gasteiger partial charge in [-0.1, -0.05) is 30.3 Å². The van der Waals surface area contributed by atoms with Gasteiger partial charge in [0.15, 0.2) is 5.82 Å². The summed E-state index contributed by atoms with van der Waals surface area (Å²) in [4.78, 5) is 38.5. The Kier molecular flexibility index (Phi) is 6.11. The maximum Gasteiger partial charge on any atom is 0.309 e. The van der Waals surface area contributed by atoms with Crippen molar-refractivity contribution in [1.82, 2.24) is 34.8 Å². The second-order valence-corrected chi connectivity index (χ2v) is 8.76. The third kappa shape index (κ3) is 4.05. The highest BCUT2D eigenvalue weighted by atomic mass is 16.5. The van der Waals surface area contributed by atoms with E-state index in [1.54, 1.807) is 13.3 Å². The van der Waals surface area contributed by atoms with Crippen LogP contribution in [0.2, 0.25) is 0 Å². The summed E-state index contributed by atoms with van der Waals surface area (Å²) in [5, 5.41) is 8.11. The number of likely N-dealkylation sites (N-methyl/N-ethyl adjacent to an activating group) is 1. The van der Waals surface area contributed by atoms with E-state index >= 15 is 0 Å². The number of hydrogen-bond donors (Lipinski definition) is 1. The Morgan fingerprint density at radius 2 is 1.92 bits per heavy atom. The molecule has 0 bridgehead atoms. The van der Waals surface area contributed by atoms with Crippen LogP contribution in [0.25, 0.3) is 22.3 Å². The highest BCUT2D eigenvalue weighted by molar-refractivity contribution is 6.45. The Hall–Kier alpha value is -4.31. The van der Waals surface area contributed by atoms with Gasteiger partial charge in [0, 0.05) is 26.3 Å². The predicted molar refractivity (Wildman–Crippen MR) is 135 cm³/mol. The van der Waals surface area contributed by atoms with Gasteiger partial charge in [0.1, 0.15) is 17.9 Å². The molecular formula is C26H27N7O3. The number of methoxy groups -OCH3 is 1. The number of allylic oxidation sites excluding steroid dienone is 1. The lowest BCUT2D eigenvalue weighted by molar-refractivity contribution is -0.142. The molecule has 0 atom stereocenters. The van der Waals surface area contributed by atoms with Crippen LogP contribution in [0.4, 0.5) is 0 Å². The zero-order valence-electron chi connectivity index (χ0n) is 20.6. The molecule has 0 unspecified atom stereocenters. The molecule has 1 aliphatic rings. The summed E-state index contributed by atoms with van der Waals surface area (Å²) in [6.45, 7) is 4.86. The highest BCUT2D eigenvalue weighted by Gasteiger charge is 2.32. The minimum Gasteiger partial charge on any atom is -0.494 e. The van der Waals surface area contributed by atoms with Crippen LogP contribution in [0.3, 0.4) is 0 Å². The Morgan fingerprint density at radius 3 is 2.58 bits per heavy atom. The highest BCUT2D eigenvalue weighted by Crippen LogP contribution is 2.32. The summed E-state index contributed by atoms with van der Waals surface area (Å²) >= 11 is 0. The van der Waals surface area contributed by atoms with Crippen molar-refractivity contribution >= 4 is 28.2 Å². The molecule has 36 heavy (non-hydrogen) atoms. The molecule has 1 aromatic carbocycles. The number of Topliss-reactive ketones (excluding diaryl/α,β-unsaturated/α-hetero) is 1. The molecular weight excluding hydrogens is 458 g/mol. The SMILES string of the molecule is COc1cnc(-n2cnc(C)n2)c2[nH]cc(C(=O)C(=O)N3CC/C(=C(/C)c4ccccc4)CN3C)c12. The Bertz CT molecular complexity index is 1490. The average molecular weight is 486 g/mol. The zero-order valence-corrected chi connectivity index (χ0v) is 20.6. The minimum absolute atomic E-state index is 0.225. The molecule has 0 saturated carbocycles. The summed E-state index contributed by atoms with van der Waals surface area (Å²) in [6, 6.07) is 10.2. The fraction of sp³-hybridized carbons (Fsp3) is 0.269. The zero-order chi connectivity index (χ0) is 25.4. The van der Waals surface area contributed by atoms with E-state index < -0.39 is 11.7 Å². The predicted octanol–water partition coefficient (Wildman–Crippen LogP) is 3.20. The monoisotopic (exact) mass is 485 g/mol. The van der Waals surface area contributed by atoms with Gasteiger partial charge in [-0.15, -0.1) is 0 Å². The fourth-order valence-corrected chi connectivity index (χ4v) is 4.60. The molecule has 1 saturated heterocycles. The van der Waals surface area contributed by atoms with E-state index in [9.17, 15) is 9.59 Å². The van der Waals surface area contributed by atoms with Crippen molar-refractivity contribution in [3.63, 3.8) is 0 Å². The van der Waals surface area contributed by atoms with Gasteiger partial charge >= 0.3 is 5.91 Å². The number of hydrogen-bond acceptors (Lipinski definition) is 7. The van der Waals surface area contributed by atoms with Gasteiger partial charge in [0.25, 0.3) is 5.78 Å². The van der Waals surface area contributed by atoms with Crippen molar-refractivity contribution in [1.29, 1.82) is 0 Å². The Balaban J connectivity index is 1.43. The third-order valence-corrected chi connectivity index (χ3v) is 6.57. The van der Waals surface area contributed by atoms with Gasteiger partial charge < -0.3 is 9.72 Å². The number of aromatic nitrogens is 5. The molecule has 184 valence electrons. The number of aromatic amines is 1. The fourth-order valence-electron chi connectivity index (χ4n) is 4.60. The van der Waals surface area contributed by atoms with Gasteiger partial charge in [-0.3, -0.25) is 14.6 Å². The molecule has 10 nitrogen and oxygen atoms in total. The van der Waals surface area contributed by atoms with Crippen molar-refractivity contribution in [2.45, 2.75) is 20.3 Å². The number of carbonyl (C=O) groups excluding carboxylic acids is 2. The van der Waals surface area contributed by atoms with Gasteiger partial charge in [-0.25, -0.2) is 19.7 Å². The second-order valence-electron chi connectivity index (χ2n) is 8.76. The largest absolute Gasteiger partial charge is 0.494 e. The van der Waals surface area contributed by atoms with E-state index in [0.717, 1.165) is 5.56 Å². The van der Waals surface area contributed by atoms with Crippen molar-refractivity contribution in [2.24, 2.45) is 0 Å². The van der Waals surface area contributed by atoms with Gasteiger partial charge in [0.2, 0.25) is 0 Å². The van der Waals surface area contributed by atoms with Crippen LogP contribution in [0.5, 0.6) is 5.75 Å². The number of H-pyrrole nitrogens is 1. The molecule has 4 heterocycles. The molecule has 10 heteroatoms. The number of nitrogens with zero attached hydrogens (tertiary/aromatic N) is 6. The molecule has 4 aromatic rings. The lowest BCUT2D eigenvalue weighted by Crippen LogP contribution is -2.51. The number of amides is 1. The first kappa shape index (κ1) is 23.4. The number of nitrogens with one attached hydrogen (secondary N) is 1. The van der Waals surface area contributed by atoms with Crippen LogP contribution in [0, 0.1) is 6.92 Å². The van der Waals surface area contributed by atoms with Crippen LogP contribution in [0.15, 0.2) is 54.6 Å². The first-order chi connectivity index (χ1) is 17.4. The summed E-state index contributed by atoms with van der Waals surface area (Å²) in [5.74, 6) is 0.220. The smallest absolute Gasteiger partial charge is 0.309 e.